The van der Waals surface area contributed by atoms with Crippen LogP contribution in [0.2, 0.25) is 0 Å². The van der Waals surface area contributed by atoms with Crippen LogP contribution in [0.1, 0.15) is 47.6 Å². The van der Waals surface area contributed by atoms with Gasteiger partial charge in [-0.1, -0.05) is 0 Å². The Morgan fingerprint density at radius 3 is 1.70 bits per heavy atom. The minimum atomic E-state index is -3.44. The number of hydrogen-bond donors (Lipinski definition) is 1. The predicted octanol–water partition coefficient (Wildman–Crippen LogP) is 3.31. The van der Waals surface area contributed by atoms with Crippen molar-refractivity contribution in [3.63, 3.8) is 0 Å². The van der Waals surface area contributed by atoms with Crippen LogP contribution >= 0.6 is 0 Å². The van der Waals surface area contributed by atoms with Gasteiger partial charge >= 0.3 is 0 Å². The Labute approximate surface area is 122 Å². The largest absolute Gasteiger partial charge is 0.241 e. The van der Waals surface area contributed by atoms with Gasteiger partial charge in [0.25, 0.3) is 0 Å². The second-order valence-electron chi connectivity index (χ2n) is 6.20. The standard InChI is InChI=1S/C16H25NO2S/c1-9-10(2)12(4)16(13(5)11(9)3)20(18,19)17-14(6)15-7-8-15/h14-15,17H,7-8H2,1-6H3/t14-/m0/s1. The van der Waals surface area contributed by atoms with Gasteiger partial charge < -0.3 is 0 Å². The summed E-state index contributed by atoms with van der Waals surface area (Å²) in [4.78, 5) is 0.477. The highest BCUT2D eigenvalue weighted by Crippen LogP contribution is 2.34. The molecule has 0 spiro atoms. The predicted molar refractivity (Wildman–Crippen MR) is 82.6 cm³/mol. The molecule has 0 amide bonds. The Balaban J connectivity index is 2.51. The van der Waals surface area contributed by atoms with Crippen LogP contribution in [0, 0.1) is 40.5 Å². The summed E-state index contributed by atoms with van der Waals surface area (Å²) in [6.07, 6.45) is 2.27. The van der Waals surface area contributed by atoms with Crippen molar-refractivity contribution in [2.75, 3.05) is 0 Å². The second-order valence-corrected chi connectivity index (χ2v) is 7.85. The number of hydrogen-bond acceptors (Lipinski definition) is 2. The minimum absolute atomic E-state index is 0.0284. The fourth-order valence-corrected chi connectivity index (χ4v) is 4.78. The van der Waals surface area contributed by atoms with E-state index in [2.05, 4.69) is 11.6 Å². The highest BCUT2D eigenvalue weighted by atomic mass is 32.2. The summed E-state index contributed by atoms with van der Waals surface area (Å²) < 4.78 is 28.3. The molecule has 1 aromatic rings. The fourth-order valence-electron chi connectivity index (χ4n) is 2.86. The van der Waals surface area contributed by atoms with Gasteiger partial charge in [0.2, 0.25) is 10.0 Å². The van der Waals surface area contributed by atoms with Gasteiger partial charge in [-0.05, 0) is 88.1 Å². The summed E-state index contributed by atoms with van der Waals surface area (Å²) in [7, 11) is -3.44. The van der Waals surface area contributed by atoms with Crippen molar-refractivity contribution in [1.29, 1.82) is 0 Å². The van der Waals surface area contributed by atoms with Gasteiger partial charge in [-0.25, -0.2) is 13.1 Å². The van der Waals surface area contributed by atoms with E-state index in [0.717, 1.165) is 35.1 Å². The molecule has 1 aromatic carbocycles. The van der Waals surface area contributed by atoms with Gasteiger partial charge in [-0.15, -0.1) is 0 Å². The topological polar surface area (TPSA) is 46.2 Å². The van der Waals surface area contributed by atoms with Crippen molar-refractivity contribution in [2.45, 2.75) is 65.3 Å². The maximum Gasteiger partial charge on any atom is 0.241 e. The lowest BCUT2D eigenvalue weighted by Crippen LogP contribution is -2.35. The van der Waals surface area contributed by atoms with Gasteiger partial charge in [0.15, 0.2) is 0 Å². The van der Waals surface area contributed by atoms with Gasteiger partial charge in [-0.3, -0.25) is 0 Å². The monoisotopic (exact) mass is 295 g/mol. The van der Waals surface area contributed by atoms with Crippen molar-refractivity contribution in [3.05, 3.63) is 27.8 Å². The van der Waals surface area contributed by atoms with Crippen molar-refractivity contribution < 1.29 is 8.42 Å². The van der Waals surface area contributed by atoms with Crippen LogP contribution in [0.5, 0.6) is 0 Å². The Kier molecular flexibility index (Phi) is 4.00. The molecule has 0 radical (unpaired) electrons. The zero-order valence-electron chi connectivity index (χ0n) is 13.3. The van der Waals surface area contributed by atoms with Gasteiger partial charge in [0.1, 0.15) is 0 Å². The molecule has 2 rings (SSSR count). The summed E-state index contributed by atoms with van der Waals surface area (Å²) in [5.74, 6) is 0.512. The van der Waals surface area contributed by atoms with Crippen molar-refractivity contribution in [2.24, 2.45) is 5.92 Å². The lowest BCUT2D eigenvalue weighted by molar-refractivity contribution is 0.537. The third kappa shape index (κ3) is 2.63. The normalized spacial score (nSPS) is 17.3. The number of benzene rings is 1. The van der Waals surface area contributed by atoms with Crippen molar-refractivity contribution in [3.8, 4) is 0 Å². The smallest absolute Gasteiger partial charge is 0.208 e. The number of rotatable bonds is 4. The molecule has 1 fully saturated rings. The van der Waals surface area contributed by atoms with E-state index in [0.29, 0.717) is 10.8 Å². The number of nitrogens with one attached hydrogen (secondary N) is 1. The SMILES string of the molecule is Cc1c(C)c(C)c(S(=O)(=O)N[C@@H](C)C2CC2)c(C)c1C. The molecule has 1 saturated carbocycles. The van der Waals surface area contributed by atoms with Crippen LogP contribution in [0.3, 0.4) is 0 Å². The molecule has 4 heteroatoms. The molecule has 1 atom stereocenters. The molecule has 0 aromatic heterocycles. The van der Waals surface area contributed by atoms with Crippen LogP contribution < -0.4 is 4.72 Å². The Morgan fingerprint density at radius 1 is 0.900 bits per heavy atom. The van der Waals surface area contributed by atoms with Crippen molar-refractivity contribution >= 4 is 10.0 Å². The van der Waals surface area contributed by atoms with Gasteiger partial charge in [-0.2, -0.15) is 0 Å². The lowest BCUT2D eigenvalue weighted by atomic mass is 9.95. The lowest BCUT2D eigenvalue weighted by Gasteiger charge is -2.21. The Hall–Kier alpha value is -0.870. The van der Waals surface area contributed by atoms with Crippen LogP contribution in [0.15, 0.2) is 4.90 Å². The molecule has 0 bridgehead atoms. The van der Waals surface area contributed by atoms with Crippen LogP contribution in [-0.4, -0.2) is 14.5 Å². The van der Waals surface area contributed by atoms with Gasteiger partial charge in [0.05, 0.1) is 4.90 Å². The first-order valence-corrected chi connectivity index (χ1v) is 8.74. The van der Waals surface area contributed by atoms with E-state index < -0.39 is 10.0 Å². The maximum absolute atomic E-state index is 12.7. The molecule has 1 N–H and O–H groups in total. The molecule has 0 heterocycles. The zero-order valence-corrected chi connectivity index (χ0v) is 14.1. The molecular formula is C16H25NO2S. The van der Waals surface area contributed by atoms with E-state index in [-0.39, 0.29) is 6.04 Å². The highest BCUT2D eigenvalue weighted by molar-refractivity contribution is 7.89. The molecule has 1 aliphatic carbocycles. The van der Waals surface area contributed by atoms with E-state index in [1.165, 1.54) is 5.56 Å². The first-order chi connectivity index (χ1) is 9.16. The van der Waals surface area contributed by atoms with Crippen molar-refractivity contribution in [1.82, 2.24) is 4.72 Å². The molecule has 0 saturated heterocycles. The van der Waals surface area contributed by atoms with Gasteiger partial charge in [0, 0.05) is 6.04 Å². The summed E-state index contributed by atoms with van der Waals surface area (Å²) in [5, 5.41) is 0. The van der Waals surface area contributed by atoms with Crippen LogP contribution in [0.4, 0.5) is 0 Å². The first kappa shape index (κ1) is 15.5. The minimum Gasteiger partial charge on any atom is -0.208 e. The fraction of sp³-hybridized carbons (Fsp3) is 0.625. The second kappa shape index (κ2) is 5.15. The summed E-state index contributed by atoms with van der Waals surface area (Å²) in [6.45, 7) is 11.8. The summed E-state index contributed by atoms with van der Waals surface area (Å²) in [6, 6.07) is 0.0284. The molecule has 0 aliphatic heterocycles. The van der Waals surface area contributed by atoms with Crippen LogP contribution in [-0.2, 0) is 10.0 Å². The third-order valence-corrected chi connectivity index (χ3v) is 6.70. The van der Waals surface area contributed by atoms with E-state index in [4.69, 9.17) is 0 Å². The average molecular weight is 295 g/mol. The molecule has 112 valence electrons. The molecular weight excluding hydrogens is 270 g/mol. The first-order valence-electron chi connectivity index (χ1n) is 7.26. The van der Waals surface area contributed by atoms with E-state index >= 15 is 0 Å². The molecule has 3 nitrogen and oxygen atoms in total. The van der Waals surface area contributed by atoms with Crippen LogP contribution in [0.25, 0.3) is 0 Å². The molecule has 0 unspecified atom stereocenters. The average Bonchev–Trinajstić information content (AvgIpc) is 3.17. The Bertz CT molecular complexity index is 614. The zero-order chi connectivity index (χ0) is 15.2. The van der Waals surface area contributed by atoms with E-state index in [1.807, 2.05) is 34.6 Å². The maximum atomic E-state index is 12.7. The highest BCUT2D eigenvalue weighted by Gasteiger charge is 2.32. The quantitative estimate of drug-likeness (QED) is 0.926. The summed E-state index contributed by atoms with van der Waals surface area (Å²) in [5.41, 5.74) is 5.09. The number of sulfonamides is 1. The molecule has 20 heavy (non-hydrogen) atoms. The summed E-state index contributed by atoms with van der Waals surface area (Å²) >= 11 is 0. The Morgan fingerprint density at radius 2 is 1.30 bits per heavy atom. The van der Waals surface area contributed by atoms with E-state index in [9.17, 15) is 8.42 Å². The molecule has 1 aliphatic rings. The van der Waals surface area contributed by atoms with E-state index in [1.54, 1.807) is 0 Å². The third-order valence-electron chi connectivity index (χ3n) is 4.87.